The Kier molecular flexibility index (Phi) is 4.36. The van der Waals surface area contributed by atoms with Gasteiger partial charge in [0.25, 0.3) is 0 Å². The van der Waals surface area contributed by atoms with Crippen molar-refractivity contribution < 1.29 is 4.74 Å². The molecular weight excluding hydrogens is 268 g/mol. The van der Waals surface area contributed by atoms with Crippen LogP contribution in [0.1, 0.15) is 16.7 Å². The molecule has 2 radical (unpaired) electrons. The van der Waals surface area contributed by atoms with E-state index < -0.39 is 5.60 Å². The van der Waals surface area contributed by atoms with Crippen LogP contribution in [0.25, 0.3) is 0 Å². The highest BCUT2D eigenvalue weighted by Gasteiger charge is 2.36. The van der Waals surface area contributed by atoms with Gasteiger partial charge in [-0.05, 0) is 23.6 Å². The molecular formula is C21H18O. The molecule has 0 aliphatic heterocycles. The number of benzene rings is 3. The Morgan fingerprint density at radius 3 is 1.18 bits per heavy atom. The van der Waals surface area contributed by atoms with E-state index in [0.717, 1.165) is 16.7 Å². The van der Waals surface area contributed by atoms with E-state index in [9.17, 15) is 0 Å². The van der Waals surface area contributed by atoms with Gasteiger partial charge in [-0.2, -0.15) is 0 Å². The number of hydrogen-bond donors (Lipinski definition) is 0. The summed E-state index contributed by atoms with van der Waals surface area (Å²) in [5.74, 6) is 0. The van der Waals surface area contributed by atoms with Crippen LogP contribution in [0, 0.1) is 6.92 Å². The molecule has 0 atom stereocenters. The maximum absolute atomic E-state index is 6.17. The van der Waals surface area contributed by atoms with Crippen LogP contribution in [0.3, 0.4) is 0 Å². The minimum Gasteiger partial charge on any atom is -0.361 e. The molecule has 0 N–H and O–H groups in total. The van der Waals surface area contributed by atoms with Gasteiger partial charge < -0.3 is 4.74 Å². The second-order valence-corrected chi connectivity index (χ2v) is 5.09. The van der Waals surface area contributed by atoms with Crippen molar-refractivity contribution in [2.75, 3.05) is 6.61 Å². The molecule has 0 spiro atoms. The molecule has 108 valence electrons. The van der Waals surface area contributed by atoms with E-state index in [1.165, 1.54) is 0 Å². The van der Waals surface area contributed by atoms with Gasteiger partial charge in [0.15, 0.2) is 0 Å². The Morgan fingerprint density at radius 2 is 0.909 bits per heavy atom. The number of rotatable bonds is 5. The van der Waals surface area contributed by atoms with Crippen molar-refractivity contribution in [2.24, 2.45) is 0 Å². The maximum atomic E-state index is 6.17. The smallest absolute Gasteiger partial charge is 0.143 e. The minimum absolute atomic E-state index is 0.138. The van der Waals surface area contributed by atoms with E-state index >= 15 is 0 Å². The van der Waals surface area contributed by atoms with Gasteiger partial charge in [-0.25, -0.2) is 0 Å². The van der Waals surface area contributed by atoms with Gasteiger partial charge >= 0.3 is 0 Å². The average molecular weight is 286 g/mol. The third kappa shape index (κ3) is 2.56. The van der Waals surface area contributed by atoms with E-state index in [1.54, 1.807) is 0 Å². The molecule has 0 aromatic heterocycles. The van der Waals surface area contributed by atoms with Crippen molar-refractivity contribution in [3.8, 4) is 0 Å². The summed E-state index contributed by atoms with van der Waals surface area (Å²) >= 11 is 0. The molecule has 1 heteroatoms. The molecule has 0 saturated carbocycles. The quantitative estimate of drug-likeness (QED) is 0.617. The Labute approximate surface area is 132 Å². The van der Waals surface area contributed by atoms with Crippen molar-refractivity contribution in [3.63, 3.8) is 0 Å². The fourth-order valence-corrected chi connectivity index (χ4v) is 2.89. The lowest BCUT2D eigenvalue weighted by Gasteiger charge is -2.35. The van der Waals surface area contributed by atoms with Crippen LogP contribution in [0.2, 0.25) is 0 Å². The molecule has 0 bridgehead atoms. The van der Waals surface area contributed by atoms with Gasteiger partial charge in [0, 0.05) is 0 Å². The zero-order valence-electron chi connectivity index (χ0n) is 12.4. The molecule has 22 heavy (non-hydrogen) atoms. The van der Waals surface area contributed by atoms with Crippen LogP contribution in [-0.4, -0.2) is 6.61 Å². The van der Waals surface area contributed by atoms with Crippen molar-refractivity contribution in [1.29, 1.82) is 0 Å². The van der Waals surface area contributed by atoms with Crippen LogP contribution >= 0.6 is 0 Å². The molecule has 0 saturated heterocycles. The van der Waals surface area contributed by atoms with Crippen molar-refractivity contribution in [3.05, 3.63) is 115 Å². The predicted molar refractivity (Wildman–Crippen MR) is 89.5 cm³/mol. The van der Waals surface area contributed by atoms with Gasteiger partial charge in [-0.3, -0.25) is 0 Å². The van der Waals surface area contributed by atoms with Crippen LogP contribution < -0.4 is 0 Å². The lowest BCUT2D eigenvalue weighted by molar-refractivity contribution is 0.0309. The van der Waals surface area contributed by atoms with Crippen LogP contribution in [-0.2, 0) is 10.3 Å². The summed E-state index contributed by atoms with van der Waals surface area (Å²) in [6.45, 7) is 5.94. The zero-order valence-corrected chi connectivity index (χ0v) is 12.4. The number of hydrogen-bond acceptors (Lipinski definition) is 1. The topological polar surface area (TPSA) is 9.23 Å². The van der Waals surface area contributed by atoms with Gasteiger partial charge in [0.2, 0.25) is 0 Å². The second kappa shape index (κ2) is 6.59. The third-order valence-electron chi connectivity index (χ3n) is 3.84. The van der Waals surface area contributed by atoms with Crippen LogP contribution in [0.5, 0.6) is 0 Å². The average Bonchev–Trinajstić information content (AvgIpc) is 2.62. The summed E-state index contributed by atoms with van der Waals surface area (Å²) in [6.07, 6.45) is 0. The lowest BCUT2D eigenvalue weighted by atomic mass is 9.80. The first-order valence-corrected chi connectivity index (χ1v) is 7.38. The van der Waals surface area contributed by atoms with E-state index in [0.29, 0.717) is 0 Å². The van der Waals surface area contributed by atoms with Crippen molar-refractivity contribution >= 4 is 0 Å². The zero-order chi connectivity index (χ0) is 15.3. The van der Waals surface area contributed by atoms with E-state index in [-0.39, 0.29) is 6.61 Å². The first kappa shape index (κ1) is 14.6. The molecule has 0 amide bonds. The largest absolute Gasteiger partial charge is 0.361 e. The summed E-state index contributed by atoms with van der Waals surface area (Å²) in [5.41, 5.74) is 2.51. The normalized spacial score (nSPS) is 11.3. The Bertz CT molecular complexity index is 593. The molecule has 0 fully saturated rings. The van der Waals surface area contributed by atoms with Crippen LogP contribution in [0.4, 0.5) is 0 Å². The lowest BCUT2D eigenvalue weighted by Crippen LogP contribution is -2.32. The fraction of sp³-hybridized carbons (Fsp3) is 0.0952. The van der Waals surface area contributed by atoms with Crippen molar-refractivity contribution in [1.82, 2.24) is 0 Å². The summed E-state index contributed by atoms with van der Waals surface area (Å²) in [6, 6.07) is 30.6. The summed E-state index contributed by atoms with van der Waals surface area (Å²) in [4.78, 5) is 0. The highest BCUT2D eigenvalue weighted by molar-refractivity contribution is 5.47. The molecule has 0 unspecified atom stereocenters. The molecule has 1 nitrogen and oxygen atoms in total. The molecule has 0 aliphatic carbocycles. The van der Waals surface area contributed by atoms with E-state index in [4.69, 9.17) is 11.7 Å². The monoisotopic (exact) mass is 286 g/mol. The first-order chi connectivity index (χ1) is 10.9. The summed E-state index contributed by atoms with van der Waals surface area (Å²) < 4.78 is 6.17. The minimum atomic E-state index is -0.696. The van der Waals surface area contributed by atoms with E-state index in [2.05, 4.69) is 36.4 Å². The van der Waals surface area contributed by atoms with Gasteiger partial charge in [-0.15, -0.1) is 0 Å². The Balaban J connectivity index is 2.29. The first-order valence-electron chi connectivity index (χ1n) is 7.38. The standard InChI is InChI=1S/C21H18O/c1-2-22-21(18-12-6-3-7-13-18,19-14-8-4-9-15-19)20-16-10-5-11-17-20/h1,3-17H,2H2. The maximum Gasteiger partial charge on any atom is 0.143 e. The van der Waals surface area contributed by atoms with Gasteiger partial charge in [-0.1, -0.05) is 91.0 Å². The molecule has 0 heterocycles. The molecule has 0 aliphatic rings. The molecule has 3 rings (SSSR count). The fourth-order valence-electron chi connectivity index (χ4n) is 2.89. The summed E-state index contributed by atoms with van der Waals surface area (Å²) in [7, 11) is 0. The summed E-state index contributed by atoms with van der Waals surface area (Å²) in [5, 5.41) is 0. The molecule has 3 aromatic rings. The second-order valence-electron chi connectivity index (χ2n) is 5.09. The number of ether oxygens (including phenoxy) is 1. The highest BCUT2D eigenvalue weighted by Crippen LogP contribution is 2.40. The van der Waals surface area contributed by atoms with Crippen molar-refractivity contribution in [2.45, 2.75) is 5.60 Å². The van der Waals surface area contributed by atoms with E-state index in [1.807, 2.05) is 54.6 Å². The SMILES string of the molecule is [CH]COC(c1ccccc1)(c1ccccc1)c1ccccc1. The van der Waals surface area contributed by atoms with Gasteiger partial charge in [0.05, 0.1) is 6.61 Å². The third-order valence-corrected chi connectivity index (χ3v) is 3.84. The molecule has 3 aromatic carbocycles. The van der Waals surface area contributed by atoms with Gasteiger partial charge in [0.1, 0.15) is 5.60 Å². The predicted octanol–water partition coefficient (Wildman–Crippen LogP) is 4.71. The Morgan fingerprint density at radius 1 is 0.591 bits per heavy atom. The Hall–Kier alpha value is -2.38. The highest BCUT2D eigenvalue weighted by atomic mass is 16.5. The van der Waals surface area contributed by atoms with Crippen LogP contribution in [0.15, 0.2) is 91.0 Å².